The van der Waals surface area contributed by atoms with E-state index in [1.54, 1.807) is 11.8 Å². The summed E-state index contributed by atoms with van der Waals surface area (Å²) < 4.78 is 6.03. The van der Waals surface area contributed by atoms with Gasteiger partial charge in [0.15, 0.2) is 0 Å². The van der Waals surface area contributed by atoms with Crippen molar-refractivity contribution in [1.82, 2.24) is 5.32 Å². The number of para-hydroxylation sites is 1. The Morgan fingerprint density at radius 2 is 1.87 bits per heavy atom. The van der Waals surface area contributed by atoms with Gasteiger partial charge in [0.2, 0.25) is 0 Å². The molecule has 1 atom stereocenters. The number of ether oxygens (including phenoxy) is 1. The average molecular weight is 327 g/mol. The van der Waals surface area contributed by atoms with E-state index in [0.29, 0.717) is 0 Å². The molecule has 1 aliphatic heterocycles. The Bertz CT molecular complexity index is 727. The summed E-state index contributed by atoms with van der Waals surface area (Å²) in [5, 5.41) is 3.19. The van der Waals surface area contributed by atoms with Crippen LogP contribution in [0.25, 0.3) is 0 Å². The summed E-state index contributed by atoms with van der Waals surface area (Å²) in [5.74, 6) is 0.819. The zero-order valence-corrected chi connectivity index (χ0v) is 14.4. The number of carbonyl (C=O) groups excluding carboxylic acids is 1. The van der Waals surface area contributed by atoms with E-state index in [9.17, 15) is 4.79 Å². The molecule has 2 aromatic rings. The molecule has 1 N–H and O–H groups in total. The highest BCUT2D eigenvalue weighted by atomic mass is 32.2. The van der Waals surface area contributed by atoms with Gasteiger partial charge in [-0.05, 0) is 38.3 Å². The normalized spacial score (nSPS) is 18.7. The fourth-order valence-electron chi connectivity index (χ4n) is 3.00. The lowest BCUT2D eigenvalue weighted by atomic mass is 9.89. The van der Waals surface area contributed by atoms with Gasteiger partial charge in [0.1, 0.15) is 11.4 Å². The summed E-state index contributed by atoms with van der Waals surface area (Å²) in [7, 11) is 0. The lowest BCUT2D eigenvalue weighted by Crippen LogP contribution is -2.41. The van der Waals surface area contributed by atoms with Crippen LogP contribution in [0.2, 0.25) is 0 Å². The van der Waals surface area contributed by atoms with E-state index in [0.717, 1.165) is 28.2 Å². The van der Waals surface area contributed by atoms with Gasteiger partial charge in [0.05, 0.1) is 11.6 Å². The molecule has 1 heterocycles. The number of benzene rings is 2. The van der Waals surface area contributed by atoms with E-state index in [2.05, 4.69) is 19.2 Å². The Balaban J connectivity index is 1.89. The number of carbonyl (C=O) groups is 1. The Labute approximate surface area is 141 Å². The number of rotatable bonds is 3. The molecule has 1 amide bonds. The van der Waals surface area contributed by atoms with Gasteiger partial charge in [-0.3, -0.25) is 4.79 Å². The maximum absolute atomic E-state index is 12.7. The van der Waals surface area contributed by atoms with Crippen molar-refractivity contribution in [3.63, 3.8) is 0 Å². The van der Waals surface area contributed by atoms with E-state index in [4.69, 9.17) is 4.74 Å². The quantitative estimate of drug-likeness (QED) is 0.847. The van der Waals surface area contributed by atoms with Crippen LogP contribution >= 0.6 is 11.8 Å². The maximum Gasteiger partial charge on any atom is 0.252 e. The Kier molecular flexibility index (Phi) is 4.35. The van der Waals surface area contributed by atoms with E-state index in [1.165, 1.54) is 0 Å². The van der Waals surface area contributed by atoms with Crippen molar-refractivity contribution in [2.75, 3.05) is 6.26 Å². The topological polar surface area (TPSA) is 38.3 Å². The number of amides is 1. The molecule has 4 heteroatoms. The summed E-state index contributed by atoms with van der Waals surface area (Å²) in [5.41, 5.74) is 1.47. The van der Waals surface area contributed by atoms with Crippen molar-refractivity contribution in [3.8, 4) is 5.75 Å². The smallest absolute Gasteiger partial charge is 0.252 e. The van der Waals surface area contributed by atoms with Gasteiger partial charge in [-0.1, -0.05) is 30.3 Å². The minimum Gasteiger partial charge on any atom is -0.487 e. The highest BCUT2D eigenvalue weighted by Crippen LogP contribution is 2.39. The summed E-state index contributed by atoms with van der Waals surface area (Å²) in [6.45, 7) is 4.11. The summed E-state index contributed by atoms with van der Waals surface area (Å²) in [4.78, 5) is 13.7. The van der Waals surface area contributed by atoms with E-state index < -0.39 is 0 Å². The van der Waals surface area contributed by atoms with Gasteiger partial charge in [-0.25, -0.2) is 0 Å². The highest BCUT2D eigenvalue weighted by Gasteiger charge is 2.34. The lowest BCUT2D eigenvalue weighted by molar-refractivity contribution is 0.0619. The fourth-order valence-corrected chi connectivity index (χ4v) is 3.59. The van der Waals surface area contributed by atoms with Crippen molar-refractivity contribution in [1.29, 1.82) is 0 Å². The number of hydrogen-bond acceptors (Lipinski definition) is 3. The molecule has 2 aromatic carbocycles. The molecule has 120 valence electrons. The number of nitrogens with one attached hydrogen (secondary N) is 1. The van der Waals surface area contributed by atoms with Gasteiger partial charge >= 0.3 is 0 Å². The number of thioether (sulfide) groups is 1. The number of fused-ring (bicyclic) bond motifs is 1. The Morgan fingerprint density at radius 3 is 2.65 bits per heavy atom. The molecule has 0 radical (unpaired) electrons. The summed E-state index contributed by atoms with van der Waals surface area (Å²) >= 11 is 1.59. The first-order chi connectivity index (χ1) is 11.0. The predicted octanol–water partition coefficient (Wildman–Crippen LogP) is 4.44. The van der Waals surface area contributed by atoms with Crippen molar-refractivity contribution < 1.29 is 9.53 Å². The predicted molar refractivity (Wildman–Crippen MR) is 94.2 cm³/mol. The highest BCUT2D eigenvalue weighted by molar-refractivity contribution is 7.98. The zero-order valence-electron chi connectivity index (χ0n) is 13.6. The molecular weight excluding hydrogens is 306 g/mol. The molecule has 23 heavy (non-hydrogen) atoms. The van der Waals surface area contributed by atoms with Crippen LogP contribution in [-0.4, -0.2) is 17.8 Å². The average Bonchev–Trinajstić information content (AvgIpc) is 2.53. The van der Waals surface area contributed by atoms with Crippen LogP contribution in [0.15, 0.2) is 53.4 Å². The van der Waals surface area contributed by atoms with Gasteiger partial charge in [-0.2, -0.15) is 0 Å². The van der Waals surface area contributed by atoms with Gasteiger partial charge < -0.3 is 10.1 Å². The molecular formula is C19H21NO2S. The second-order valence-corrected chi connectivity index (χ2v) is 7.18. The first-order valence-corrected chi connectivity index (χ1v) is 8.94. The Hall–Kier alpha value is -1.94. The van der Waals surface area contributed by atoms with Crippen molar-refractivity contribution in [3.05, 3.63) is 59.7 Å². The van der Waals surface area contributed by atoms with Crippen LogP contribution in [0.3, 0.4) is 0 Å². The SMILES string of the molecule is CSc1ccccc1C(=O)NC1CC(C)(C)Oc2ccccc21. The molecule has 0 saturated heterocycles. The Morgan fingerprint density at radius 1 is 1.17 bits per heavy atom. The minimum atomic E-state index is -0.300. The second kappa shape index (κ2) is 6.28. The van der Waals surface area contributed by atoms with E-state index in [1.807, 2.05) is 54.8 Å². The standard InChI is InChI=1S/C19H21NO2S/c1-19(2)12-15(13-8-4-6-10-16(13)22-19)20-18(21)14-9-5-7-11-17(14)23-3/h4-11,15H,12H2,1-3H3,(H,20,21). The summed E-state index contributed by atoms with van der Waals surface area (Å²) in [6, 6.07) is 15.6. The second-order valence-electron chi connectivity index (χ2n) is 6.33. The van der Waals surface area contributed by atoms with Crippen LogP contribution in [0.4, 0.5) is 0 Å². The molecule has 3 rings (SSSR count). The van der Waals surface area contributed by atoms with E-state index >= 15 is 0 Å². The largest absolute Gasteiger partial charge is 0.487 e. The van der Waals surface area contributed by atoms with Crippen molar-refractivity contribution in [2.24, 2.45) is 0 Å². The first kappa shape index (κ1) is 15.9. The third kappa shape index (κ3) is 3.37. The third-order valence-corrected chi connectivity index (χ3v) is 4.83. The molecule has 0 saturated carbocycles. The first-order valence-electron chi connectivity index (χ1n) is 7.72. The third-order valence-electron chi connectivity index (χ3n) is 4.03. The monoisotopic (exact) mass is 327 g/mol. The molecule has 1 unspecified atom stereocenters. The van der Waals surface area contributed by atoms with Crippen LogP contribution in [0.1, 0.15) is 42.2 Å². The molecule has 3 nitrogen and oxygen atoms in total. The minimum absolute atomic E-state index is 0.0348. The van der Waals surface area contributed by atoms with E-state index in [-0.39, 0.29) is 17.6 Å². The zero-order chi connectivity index (χ0) is 16.4. The molecule has 1 aliphatic rings. The fraction of sp³-hybridized carbons (Fsp3) is 0.316. The number of hydrogen-bond donors (Lipinski definition) is 1. The molecule has 0 fully saturated rings. The molecule has 0 aromatic heterocycles. The van der Waals surface area contributed by atoms with Crippen LogP contribution in [-0.2, 0) is 0 Å². The lowest BCUT2D eigenvalue weighted by Gasteiger charge is -2.37. The molecule has 0 bridgehead atoms. The van der Waals surface area contributed by atoms with Crippen molar-refractivity contribution >= 4 is 17.7 Å². The van der Waals surface area contributed by atoms with Crippen LogP contribution < -0.4 is 10.1 Å². The van der Waals surface area contributed by atoms with Gasteiger partial charge in [-0.15, -0.1) is 11.8 Å². The molecule has 0 aliphatic carbocycles. The van der Waals surface area contributed by atoms with Crippen molar-refractivity contribution in [2.45, 2.75) is 36.8 Å². The summed E-state index contributed by atoms with van der Waals surface area (Å²) in [6.07, 6.45) is 2.73. The van der Waals surface area contributed by atoms with Crippen LogP contribution in [0.5, 0.6) is 5.75 Å². The van der Waals surface area contributed by atoms with Gasteiger partial charge in [0, 0.05) is 16.9 Å². The van der Waals surface area contributed by atoms with Crippen LogP contribution in [0, 0.1) is 0 Å². The molecule has 0 spiro atoms. The van der Waals surface area contributed by atoms with Gasteiger partial charge in [0.25, 0.3) is 5.91 Å². The maximum atomic E-state index is 12.7.